The van der Waals surface area contributed by atoms with Crippen LogP contribution >= 0.6 is 0 Å². The summed E-state index contributed by atoms with van der Waals surface area (Å²) in [6.45, 7) is 1.89. The van der Waals surface area contributed by atoms with Crippen LogP contribution in [0.2, 0.25) is 0 Å². The van der Waals surface area contributed by atoms with Gasteiger partial charge in [0.25, 0.3) is 0 Å². The fourth-order valence-electron chi connectivity index (χ4n) is 2.16. The van der Waals surface area contributed by atoms with E-state index in [0.717, 1.165) is 11.1 Å². The molecule has 2 aromatic heterocycles. The van der Waals surface area contributed by atoms with Crippen LogP contribution < -0.4 is 0 Å². The Morgan fingerprint density at radius 2 is 1.89 bits per heavy atom. The van der Waals surface area contributed by atoms with Gasteiger partial charge in [0.15, 0.2) is 5.69 Å². The van der Waals surface area contributed by atoms with Gasteiger partial charge in [-0.1, -0.05) is 30.3 Å². The van der Waals surface area contributed by atoms with Crippen molar-refractivity contribution < 1.29 is 4.92 Å². The molecule has 5 nitrogen and oxygen atoms in total. The van der Waals surface area contributed by atoms with Crippen LogP contribution in [0.15, 0.2) is 48.7 Å². The van der Waals surface area contributed by atoms with Crippen molar-refractivity contribution >= 4 is 11.5 Å². The maximum Gasteiger partial charge on any atom is 0.355 e. The smallest absolute Gasteiger partial charge is 0.355 e. The van der Waals surface area contributed by atoms with Gasteiger partial charge in [-0.25, -0.2) is 0 Å². The molecule has 0 radical (unpaired) electrons. The summed E-state index contributed by atoms with van der Waals surface area (Å²) >= 11 is 0. The Morgan fingerprint density at radius 1 is 1.16 bits per heavy atom. The first-order valence-corrected chi connectivity index (χ1v) is 5.86. The fourth-order valence-corrected chi connectivity index (χ4v) is 2.16. The molecular weight excluding hydrogens is 242 g/mol. The monoisotopic (exact) mass is 253 g/mol. The van der Waals surface area contributed by atoms with Crippen LogP contribution in [0.4, 0.5) is 5.82 Å². The number of hydrogen-bond acceptors (Lipinski definition) is 3. The minimum absolute atomic E-state index is 0.00454. The summed E-state index contributed by atoms with van der Waals surface area (Å²) in [5.74, 6) is 0.00454. The van der Waals surface area contributed by atoms with Crippen LogP contribution in [0.25, 0.3) is 16.9 Å². The molecule has 0 saturated carbocycles. The molecule has 0 aliphatic rings. The van der Waals surface area contributed by atoms with Crippen molar-refractivity contribution in [1.29, 1.82) is 0 Å². The van der Waals surface area contributed by atoms with Crippen molar-refractivity contribution in [3.8, 4) is 11.3 Å². The summed E-state index contributed by atoms with van der Waals surface area (Å²) in [5.41, 5.74) is 2.68. The van der Waals surface area contributed by atoms with Gasteiger partial charge in [-0.15, -0.1) is 0 Å². The number of nitrogens with zero attached hydrogens (tertiary/aromatic N) is 3. The van der Waals surface area contributed by atoms with Crippen molar-refractivity contribution in [1.82, 2.24) is 9.38 Å². The third-order valence-corrected chi connectivity index (χ3v) is 3.04. The van der Waals surface area contributed by atoms with Gasteiger partial charge in [0, 0.05) is 11.1 Å². The maximum atomic E-state index is 11.3. The molecule has 3 aromatic rings. The van der Waals surface area contributed by atoms with Gasteiger partial charge < -0.3 is 10.1 Å². The zero-order valence-corrected chi connectivity index (χ0v) is 10.3. The number of imidazole rings is 1. The zero-order chi connectivity index (χ0) is 13.4. The molecule has 0 atom stereocenters. The number of aryl methyl sites for hydroxylation is 1. The highest BCUT2D eigenvalue weighted by atomic mass is 16.6. The number of pyridine rings is 1. The van der Waals surface area contributed by atoms with Gasteiger partial charge in [0.2, 0.25) is 5.65 Å². The van der Waals surface area contributed by atoms with Crippen LogP contribution in [0.5, 0.6) is 0 Å². The summed E-state index contributed by atoms with van der Waals surface area (Å²) in [6, 6.07) is 12.9. The van der Waals surface area contributed by atoms with E-state index in [2.05, 4.69) is 4.98 Å². The first kappa shape index (κ1) is 11.4. The second-order valence-electron chi connectivity index (χ2n) is 4.29. The Morgan fingerprint density at radius 3 is 2.58 bits per heavy atom. The van der Waals surface area contributed by atoms with Gasteiger partial charge in [-0.3, -0.25) is 0 Å². The van der Waals surface area contributed by atoms with E-state index >= 15 is 0 Å². The highest BCUT2D eigenvalue weighted by molar-refractivity contribution is 5.73. The molecule has 0 fully saturated rings. The molecule has 0 N–H and O–H groups in total. The standard InChI is InChI=1S/C14H11N3O2/c1-10-6-5-9-16-13(10)15-12(14(16)17(18)19)11-7-3-2-4-8-11/h2-9H,1H3. The van der Waals surface area contributed by atoms with Gasteiger partial charge in [0.1, 0.15) is 0 Å². The first-order valence-electron chi connectivity index (χ1n) is 5.86. The lowest BCUT2D eigenvalue weighted by atomic mass is 10.1. The molecule has 0 bridgehead atoms. The number of hydrogen-bond donors (Lipinski definition) is 0. The highest BCUT2D eigenvalue weighted by Gasteiger charge is 2.24. The number of fused-ring (bicyclic) bond motifs is 1. The number of benzene rings is 1. The summed E-state index contributed by atoms with van der Waals surface area (Å²) < 4.78 is 1.53. The third kappa shape index (κ3) is 1.76. The lowest BCUT2D eigenvalue weighted by molar-refractivity contribution is -0.389. The minimum atomic E-state index is -0.387. The quantitative estimate of drug-likeness (QED) is 0.520. The van der Waals surface area contributed by atoms with Crippen molar-refractivity contribution in [3.05, 3.63) is 64.3 Å². The Balaban J connectivity index is 2.39. The Bertz CT molecular complexity index is 763. The molecular formula is C14H11N3O2. The summed E-state index contributed by atoms with van der Waals surface area (Å²) in [7, 11) is 0. The predicted octanol–water partition coefficient (Wildman–Crippen LogP) is 3.22. The average molecular weight is 253 g/mol. The summed E-state index contributed by atoms with van der Waals surface area (Å²) in [6.07, 6.45) is 1.67. The second kappa shape index (κ2) is 4.20. The Labute approximate surface area is 109 Å². The first-order chi connectivity index (χ1) is 9.18. The van der Waals surface area contributed by atoms with Crippen LogP contribution in [-0.4, -0.2) is 14.3 Å². The summed E-state index contributed by atoms with van der Waals surface area (Å²) in [5, 5.41) is 11.3. The van der Waals surface area contributed by atoms with Crippen molar-refractivity contribution in [2.45, 2.75) is 6.92 Å². The van der Waals surface area contributed by atoms with E-state index in [-0.39, 0.29) is 10.7 Å². The molecule has 2 heterocycles. The lowest BCUT2D eigenvalue weighted by Gasteiger charge is -1.98. The molecule has 0 saturated heterocycles. The molecule has 0 amide bonds. The normalized spacial score (nSPS) is 10.8. The van der Waals surface area contributed by atoms with Crippen LogP contribution in [0, 0.1) is 17.0 Å². The maximum absolute atomic E-state index is 11.3. The van der Waals surface area contributed by atoms with Crippen LogP contribution in [-0.2, 0) is 0 Å². The van der Waals surface area contributed by atoms with Crippen molar-refractivity contribution in [3.63, 3.8) is 0 Å². The third-order valence-electron chi connectivity index (χ3n) is 3.04. The lowest BCUT2D eigenvalue weighted by Crippen LogP contribution is -1.96. The number of rotatable bonds is 2. The number of nitro groups is 1. The average Bonchev–Trinajstić information content (AvgIpc) is 2.81. The molecule has 0 unspecified atom stereocenters. The van der Waals surface area contributed by atoms with E-state index in [9.17, 15) is 10.1 Å². The van der Waals surface area contributed by atoms with E-state index < -0.39 is 0 Å². The van der Waals surface area contributed by atoms with Gasteiger partial charge in [-0.2, -0.15) is 9.38 Å². The molecule has 0 aliphatic carbocycles. The van der Waals surface area contributed by atoms with E-state index in [1.54, 1.807) is 12.3 Å². The van der Waals surface area contributed by atoms with Crippen molar-refractivity contribution in [2.75, 3.05) is 0 Å². The zero-order valence-electron chi connectivity index (χ0n) is 10.3. The SMILES string of the molecule is Cc1cccn2c([N+](=O)[O-])c(-c3ccccc3)nc12. The second-order valence-corrected chi connectivity index (χ2v) is 4.29. The molecule has 5 heteroatoms. The molecule has 0 spiro atoms. The largest absolute Gasteiger partial charge is 0.358 e. The Kier molecular flexibility index (Phi) is 2.52. The highest BCUT2D eigenvalue weighted by Crippen LogP contribution is 2.30. The van der Waals surface area contributed by atoms with Crippen LogP contribution in [0.3, 0.4) is 0 Å². The molecule has 94 valence electrons. The van der Waals surface area contributed by atoms with Crippen LogP contribution in [0.1, 0.15) is 5.56 Å². The Hall–Kier alpha value is -2.69. The topological polar surface area (TPSA) is 60.4 Å². The number of aromatic nitrogens is 2. The van der Waals surface area contributed by atoms with E-state index in [0.29, 0.717) is 11.3 Å². The molecule has 0 aliphatic heterocycles. The predicted molar refractivity (Wildman–Crippen MR) is 72.0 cm³/mol. The fraction of sp³-hybridized carbons (Fsp3) is 0.0714. The summed E-state index contributed by atoms with van der Waals surface area (Å²) in [4.78, 5) is 15.4. The van der Waals surface area contributed by atoms with E-state index in [4.69, 9.17) is 0 Å². The molecule has 3 rings (SSSR count). The van der Waals surface area contributed by atoms with Gasteiger partial charge in [0.05, 0.1) is 6.20 Å². The van der Waals surface area contributed by atoms with Crippen molar-refractivity contribution in [2.24, 2.45) is 0 Å². The molecule has 19 heavy (non-hydrogen) atoms. The molecule has 1 aromatic carbocycles. The minimum Gasteiger partial charge on any atom is -0.358 e. The van der Waals surface area contributed by atoms with E-state index in [1.165, 1.54) is 4.40 Å². The van der Waals surface area contributed by atoms with E-state index in [1.807, 2.05) is 43.3 Å². The van der Waals surface area contributed by atoms with Gasteiger partial charge in [-0.05, 0) is 24.0 Å². The van der Waals surface area contributed by atoms with Gasteiger partial charge >= 0.3 is 5.82 Å².